The lowest BCUT2D eigenvalue weighted by atomic mass is 9.99. The number of rotatable bonds is 4. The van der Waals surface area contributed by atoms with Crippen LogP contribution >= 0.6 is 11.8 Å². The van der Waals surface area contributed by atoms with Crippen molar-refractivity contribution in [2.45, 2.75) is 12.5 Å². The molecule has 1 atom stereocenters. The first-order valence-electron chi connectivity index (χ1n) is 7.25. The SMILES string of the molecule is COC(=O)C1CN(C(=O)c2ccc(OC3CCSC3)nc2)C1. The third-order valence-electron chi connectivity index (χ3n) is 3.86. The third kappa shape index (κ3) is 3.19. The van der Waals surface area contributed by atoms with Gasteiger partial charge in [0.1, 0.15) is 6.10 Å². The third-order valence-corrected chi connectivity index (χ3v) is 4.99. The number of carbonyl (C=O) groups excluding carboxylic acids is 2. The van der Waals surface area contributed by atoms with Gasteiger partial charge in [-0.25, -0.2) is 4.98 Å². The number of thioether (sulfide) groups is 1. The van der Waals surface area contributed by atoms with Crippen molar-refractivity contribution in [2.75, 3.05) is 31.7 Å². The molecular weight excluding hydrogens is 304 g/mol. The molecule has 0 spiro atoms. The first-order valence-corrected chi connectivity index (χ1v) is 8.40. The molecule has 7 heteroatoms. The van der Waals surface area contributed by atoms with E-state index in [1.807, 2.05) is 11.8 Å². The number of hydrogen-bond donors (Lipinski definition) is 0. The summed E-state index contributed by atoms with van der Waals surface area (Å²) in [5, 5.41) is 0. The molecule has 0 saturated carbocycles. The molecule has 2 aliphatic rings. The molecule has 0 N–H and O–H groups in total. The quantitative estimate of drug-likeness (QED) is 0.776. The minimum atomic E-state index is -0.264. The molecule has 0 aromatic carbocycles. The normalized spacial score (nSPS) is 21.3. The molecule has 3 rings (SSSR count). The molecule has 118 valence electrons. The molecule has 1 amide bonds. The van der Waals surface area contributed by atoms with Crippen molar-refractivity contribution in [2.24, 2.45) is 5.92 Å². The van der Waals surface area contributed by atoms with Gasteiger partial charge in [0.05, 0.1) is 18.6 Å². The van der Waals surface area contributed by atoms with E-state index >= 15 is 0 Å². The Morgan fingerprint density at radius 2 is 2.18 bits per heavy atom. The molecule has 1 unspecified atom stereocenters. The largest absolute Gasteiger partial charge is 0.473 e. The number of amides is 1. The van der Waals surface area contributed by atoms with Crippen LogP contribution in [0.25, 0.3) is 0 Å². The molecule has 2 aliphatic heterocycles. The highest BCUT2D eigenvalue weighted by Gasteiger charge is 2.36. The van der Waals surface area contributed by atoms with Gasteiger partial charge in [-0.15, -0.1) is 0 Å². The van der Waals surface area contributed by atoms with Gasteiger partial charge in [0, 0.05) is 31.1 Å². The summed E-state index contributed by atoms with van der Waals surface area (Å²) in [6.07, 6.45) is 2.79. The van der Waals surface area contributed by atoms with Gasteiger partial charge in [-0.3, -0.25) is 9.59 Å². The average Bonchev–Trinajstić information content (AvgIpc) is 2.99. The van der Waals surface area contributed by atoms with E-state index in [2.05, 4.69) is 9.72 Å². The van der Waals surface area contributed by atoms with Crippen molar-refractivity contribution in [3.63, 3.8) is 0 Å². The lowest BCUT2D eigenvalue weighted by molar-refractivity contribution is -0.149. The summed E-state index contributed by atoms with van der Waals surface area (Å²) in [6, 6.07) is 3.45. The van der Waals surface area contributed by atoms with Crippen LogP contribution in [-0.4, -0.2) is 59.6 Å². The van der Waals surface area contributed by atoms with E-state index in [-0.39, 0.29) is 23.9 Å². The standard InChI is InChI=1S/C15H18N2O4S/c1-20-15(19)11-7-17(8-11)14(18)10-2-3-13(16-6-10)21-12-4-5-22-9-12/h2-3,6,11-12H,4-5,7-9H2,1H3. The lowest BCUT2D eigenvalue weighted by Gasteiger charge is -2.37. The Balaban J connectivity index is 1.54. The van der Waals surface area contributed by atoms with Gasteiger partial charge in [-0.2, -0.15) is 11.8 Å². The van der Waals surface area contributed by atoms with Gasteiger partial charge < -0.3 is 14.4 Å². The molecule has 1 aromatic heterocycles. The molecule has 2 saturated heterocycles. The first-order chi connectivity index (χ1) is 10.7. The van der Waals surface area contributed by atoms with Gasteiger partial charge >= 0.3 is 5.97 Å². The Hall–Kier alpha value is -1.76. The molecule has 2 fully saturated rings. The second kappa shape index (κ2) is 6.56. The fraction of sp³-hybridized carbons (Fsp3) is 0.533. The summed E-state index contributed by atoms with van der Waals surface area (Å²) in [6.45, 7) is 0.812. The van der Waals surface area contributed by atoms with Gasteiger partial charge in [0.2, 0.25) is 5.88 Å². The zero-order valence-electron chi connectivity index (χ0n) is 12.4. The van der Waals surface area contributed by atoms with E-state index < -0.39 is 0 Å². The van der Waals surface area contributed by atoms with Gasteiger partial charge in [0.25, 0.3) is 5.91 Å². The molecule has 6 nitrogen and oxygen atoms in total. The van der Waals surface area contributed by atoms with Crippen LogP contribution in [0, 0.1) is 5.92 Å². The maximum atomic E-state index is 12.2. The fourth-order valence-electron chi connectivity index (χ4n) is 2.50. The highest BCUT2D eigenvalue weighted by molar-refractivity contribution is 7.99. The Bertz CT molecular complexity index is 551. The number of ether oxygens (including phenoxy) is 2. The highest BCUT2D eigenvalue weighted by atomic mass is 32.2. The monoisotopic (exact) mass is 322 g/mol. The van der Waals surface area contributed by atoms with Crippen LogP contribution in [-0.2, 0) is 9.53 Å². The topological polar surface area (TPSA) is 68.7 Å². The van der Waals surface area contributed by atoms with Crippen LogP contribution in [0.1, 0.15) is 16.8 Å². The number of esters is 1. The Morgan fingerprint density at radius 1 is 1.36 bits per heavy atom. The van der Waals surface area contributed by atoms with E-state index in [0.717, 1.165) is 17.9 Å². The van der Waals surface area contributed by atoms with Gasteiger partial charge in [0.15, 0.2) is 0 Å². The second-order valence-corrected chi connectivity index (χ2v) is 6.57. The van der Waals surface area contributed by atoms with E-state index in [1.54, 1.807) is 17.0 Å². The Morgan fingerprint density at radius 3 is 2.77 bits per heavy atom. The van der Waals surface area contributed by atoms with Crippen LogP contribution in [0.15, 0.2) is 18.3 Å². The van der Waals surface area contributed by atoms with Crippen molar-refractivity contribution < 1.29 is 19.1 Å². The summed E-state index contributed by atoms with van der Waals surface area (Å²) < 4.78 is 10.4. The average molecular weight is 322 g/mol. The maximum Gasteiger partial charge on any atom is 0.312 e. The molecular formula is C15H18N2O4S. The summed E-state index contributed by atoms with van der Waals surface area (Å²) in [5.41, 5.74) is 0.511. The predicted octanol–water partition coefficient (Wildman–Crippen LogP) is 1.21. The molecule has 0 radical (unpaired) electrons. The van der Waals surface area contributed by atoms with Crippen LogP contribution in [0.2, 0.25) is 0 Å². The van der Waals surface area contributed by atoms with E-state index in [1.165, 1.54) is 13.3 Å². The number of nitrogens with zero attached hydrogens (tertiary/aromatic N) is 2. The van der Waals surface area contributed by atoms with Crippen LogP contribution < -0.4 is 4.74 Å². The zero-order chi connectivity index (χ0) is 15.5. The number of pyridine rings is 1. The van der Waals surface area contributed by atoms with Crippen LogP contribution in [0.5, 0.6) is 5.88 Å². The molecule has 22 heavy (non-hydrogen) atoms. The molecule has 1 aromatic rings. The van der Waals surface area contributed by atoms with E-state index in [0.29, 0.717) is 24.5 Å². The minimum absolute atomic E-state index is 0.115. The zero-order valence-corrected chi connectivity index (χ0v) is 13.2. The fourth-order valence-corrected chi connectivity index (χ4v) is 3.59. The molecule has 3 heterocycles. The molecule has 0 bridgehead atoms. The number of likely N-dealkylation sites (tertiary alicyclic amines) is 1. The van der Waals surface area contributed by atoms with Crippen molar-refractivity contribution in [3.8, 4) is 5.88 Å². The van der Waals surface area contributed by atoms with Gasteiger partial charge in [-0.1, -0.05) is 0 Å². The van der Waals surface area contributed by atoms with Crippen LogP contribution in [0.3, 0.4) is 0 Å². The summed E-state index contributed by atoms with van der Waals surface area (Å²) in [7, 11) is 1.36. The Labute approximate surface area is 133 Å². The van der Waals surface area contributed by atoms with Gasteiger partial charge in [-0.05, 0) is 18.2 Å². The number of methoxy groups -OCH3 is 1. The number of hydrogen-bond acceptors (Lipinski definition) is 6. The van der Waals surface area contributed by atoms with E-state index in [9.17, 15) is 9.59 Å². The first kappa shape index (κ1) is 15.1. The number of carbonyl (C=O) groups is 2. The summed E-state index contributed by atoms with van der Waals surface area (Å²) in [5.74, 6) is 2.09. The van der Waals surface area contributed by atoms with Crippen molar-refractivity contribution in [1.29, 1.82) is 0 Å². The smallest absolute Gasteiger partial charge is 0.312 e. The van der Waals surface area contributed by atoms with Crippen molar-refractivity contribution in [3.05, 3.63) is 23.9 Å². The van der Waals surface area contributed by atoms with Crippen molar-refractivity contribution >= 4 is 23.6 Å². The number of aromatic nitrogens is 1. The lowest BCUT2D eigenvalue weighted by Crippen LogP contribution is -2.53. The van der Waals surface area contributed by atoms with E-state index in [4.69, 9.17) is 4.74 Å². The maximum absolute atomic E-state index is 12.2. The second-order valence-electron chi connectivity index (χ2n) is 5.42. The summed E-state index contributed by atoms with van der Waals surface area (Å²) in [4.78, 5) is 29.4. The predicted molar refractivity (Wildman–Crippen MR) is 82.0 cm³/mol. The Kier molecular flexibility index (Phi) is 4.52. The molecule has 0 aliphatic carbocycles. The van der Waals surface area contributed by atoms with Crippen molar-refractivity contribution in [1.82, 2.24) is 9.88 Å². The minimum Gasteiger partial charge on any atom is -0.473 e. The highest BCUT2D eigenvalue weighted by Crippen LogP contribution is 2.23. The van der Waals surface area contributed by atoms with Crippen LogP contribution in [0.4, 0.5) is 0 Å². The summed E-state index contributed by atoms with van der Waals surface area (Å²) >= 11 is 1.88.